The molecule has 154 valence electrons. The fourth-order valence-electron chi connectivity index (χ4n) is 3.00. The number of aliphatic imine (C=N–C) groups is 1. The van der Waals surface area contributed by atoms with Crippen molar-refractivity contribution in [3.05, 3.63) is 71.3 Å². The van der Waals surface area contributed by atoms with Gasteiger partial charge in [-0.2, -0.15) is 0 Å². The van der Waals surface area contributed by atoms with Crippen LogP contribution >= 0.6 is 23.4 Å². The Hall–Kier alpha value is -2.26. The fraction of sp³-hybridized carbons (Fsp3) is 0.190. The number of hydrogen-bond donors (Lipinski definition) is 1. The molecule has 1 aliphatic heterocycles. The highest BCUT2D eigenvalue weighted by molar-refractivity contribution is 7.99. The Kier molecular flexibility index (Phi) is 6.19. The van der Waals surface area contributed by atoms with Gasteiger partial charge in [0.25, 0.3) is 0 Å². The lowest BCUT2D eigenvalue weighted by Crippen LogP contribution is -2.24. The molecule has 0 saturated carbocycles. The van der Waals surface area contributed by atoms with Crippen LogP contribution in [-0.2, 0) is 10.0 Å². The molecule has 0 aliphatic carbocycles. The Morgan fingerprint density at radius 3 is 2.80 bits per heavy atom. The zero-order valence-corrected chi connectivity index (χ0v) is 18.6. The van der Waals surface area contributed by atoms with E-state index < -0.39 is 10.0 Å². The number of benzene rings is 2. The predicted molar refractivity (Wildman–Crippen MR) is 119 cm³/mol. The zero-order chi connectivity index (χ0) is 21.1. The van der Waals surface area contributed by atoms with Gasteiger partial charge in [-0.25, -0.2) is 28.1 Å². The summed E-state index contributed by atoms with van der Waals surface area (Å²) in [7, 11) is -3.61. The van der Waals surface area contributed by atoms with Gasteiger partial charge in [0.1, 0.15) is 12.0 Å². The monoisotopic (exact) mass is 458 g/mol. The number of aromatic nitrogens is 2. The summed E-state index contributed by atoms with van der Waals surface area (Å²) in [4.78, 5) is 15.2. The van der Waals surface area contributed by atoms with E-state index >= 15 is 0 Å². The molecular weight excluding hydrogens is 440 g/mol. The van der Waals surface area contributed by atoms with Gasteiger partial charge in [0.2, 0.25) is 10.0 Å². The van der Waals surface area contributed by atoms with Gasteiger partial charge < -0.3 is 0 Å². The largest absolute Gasteiger partial charge is 0.245 e. The number of hydrogen-bond acceptors (Lipinski definition) is 6. The summed E-state index contributed by atoms with van der Waals surface area (Å²) in [6.07, 6.45) is 4.91. The molecule has 6 nitrogen and oxygen atoms in total. The molecule has 0 atom stereocenters. The molecule has 30 heavy (non-hydrogen) atoms. The van der Waals surface area contributed by atoms with Crippen molar-refractivity contribution in [1.29, 1.82) is 0 Å². The van der Waals surface area contributed by atoms with E-state index in [1.54, 1.807) is 30.5 Å². The maximum absolute atomic E-state index is 12.7. The second-order valence-electron chi connectivity index (χ2n) is 6.69. The summed E-state index contributed by atoms with van der Waals surface area (Å²) in [6, 6.07) is 12.3. The SMILES string of the molecule is CCCCNS(=O)(=O)c1ccc2c(c1)N=C(c1cccc(Cl)c1)c1ncncc1S2. The first-order valence-electron chi connectivity index (χ1n) is 9.44. The van der Waals surface area contributed by atoms with Crippen LogP contribution in [0, 0.1) is 0 Å². The molecular formula is C21H19ClN4O2S2. The molecule has 1 aliphatic rings. The Labute approximate surface area is 184 Å². The van der Waals surface area contributed by atoms with Gasteiger partial charge in [-0.05, 0) is 36.8 Å². The van der Waals surface area contributed by atoms with Gasteiger partial charge in [-0.3, -0.25) is 0 Å². The fourth-order valence-corrected chi connectivity index (χ4v) is 5.23. The first-order chi connectivity index (χ1) is 14.5. The molecule has 1 N–H and O–H groups in total. The highest BCUT2D eigenvalue weighted by Gasteiger charge is 2.23. The van der Waals surface area contributed by atoms with Crippen molar-refractivity contribution >= 4 is 44.8 Å². The standard InChI is InChI=1S/C21H19ClN4O2S2/c1-2-3-9-25-30(27,28)16-7-8-18-17(11-16)26-20(14-5-4-6-15(22)10-14)21-19(29-18)12-23-13-24-21/h4-8,10-13,25H,2-3,9H2,1H3. The number of fused-ring (bicyclic) bond motifs is 2. The van der Waals surface area contributed by atoms with Crippen molar-refractivity contribution in [3.8, 4) is 0 Å². The van der Waals surface area contributed by atoms with Crippen LogP contribution in [0.3, 0.4) is 0 Å². The van der Waals surface area contributed by atoms with Crippen LogP contribution in [0.2, 0.25) is 5.02 Å². The molecule has 2 aromatic carbocycles. The molecule has 3 aromatic rings. The molecule has 0 spiro atoms. The first-order valence-corrected chi connectivity index (χ1v) is 12.1. The first kappa shape index (κ1) is 21.0. The molecule has 0 fully saturated rings. The number of unbranched alkanes of at least 4 members (excludes halogenated alkanes) is 1. The Bertz CT molecular complexity index is 1230. The summed E-state index contributed by atoms with van der Waals surface area (Å²) in [5.74, 6) is 0. The topological polar surface area (TPSA) is 84.3 Å². The van der Waals surface area contributed by atoms with Gasteiger partial charge in [0, 0.05) is 28.2 Å². The minimum atomic E-state index is -3.61. The summed E-state index contributed by atoms with van der Waals surface area (Å²) in [5, 5.41) is 0.583. The Morgan fingerprint density at radius 1 is 1.13 bits per heavy atom. The van der Waals surface area contributed by atoms with E-state index in [2.05, 4.69) is 14.7 Å². The average Bonchev–Trinajstić information content (AvgIpc) is 2.90. The van der Waals surface area contributed by atoms with Crippen molar-refractivity contribution in [2.24, 2.45) is 4.99 Å². The van der Waals surface area contributed by atoms with Crippen LogP contribution < -0.4 is 4.72 Å². The maximum atomic E-state index is 12.7. The van der Waals surface area contributed by atoms with Crippen LogP contribution in [0.5, 0.6) is 0 Å². The van der Waals surface area contributed by atoms with E-state index in [0.717, 1.165) is 28.2 Å². The predicted octanol–water partition coefficient (Wildman–Crippen LogP) is 4.84. The third-order valence-electron chi connectivity index (χ3n) is 4.52. The second-order valence-corrected chi connectivity index (χ2v) is 9.98. The highest BCUT2D eigenvalue weighted by Crippen LogP contribution is 2.41. The van der Waals surface area contributed by atoms with Crippen LogP contribution in [0.4, 0.5) is 5.69 Å². The van der Waals surface area contributed by atoms with E-state index in [1.165, 1.54) is 18.1 Å². The quantitative estimate of drug-likeness (QED) is 0.418. The van der Waals surface area contributed by atoms with E-state index in [0.29, 0.717) is 28.7 Å². The molecule has 4 rings (SSSR count). The van der Waals surface area contributed by atoms with E-state index in [-0.39, 0.29) is 4.90 Å². The van der Waals surface area contributed by atoms with Gasteiger partial charge in [0.15, 0.2) is 0 Å². The van der Waals surface area contributed by atoms with Crippen LogP contribution in [0.1, 0.15) is 31.0 Å². The van der Waals surface area contributed by atoms with Crippen molar-refractivity contribution in [2.45, 2.75) is 34.5 Å². The third kappa shape index (κ3) is 4.41. The molecule has 0 radical (unpaired) electrons. The van der Waals surface area contributed by atoms with Gasteiger partial charge in [0.05, 0.1) is 21.2 Å². The lowest BCUT2D eigenvalue weighted by molar-refractivity contribution is 0.578. The molecule has 0 bridgehead atoms. The molecule has 0 amide bonds. The molecule has 0 unspecified atom stereocenters. The molecule has 2 heterocycles. The Balaban J connectivity index is 1.84. The lowest BCUT2D eigenvalue weighted by atomic mass is 10.1. The number of nitrogens with one attached hydrogen (secondary N) is 1. The van der Waals surface area contributed by atoms with Crippen LogP contribution in [-0.4, -0.2) is 30.6 Å². The van der Waals surface area contributed by atoms with Crippen LogP contribution in [0.25, 0.3) is 0 Å². The minimum absolute atomic E-state index is 0.184. The van der Waals surface area contributed by atoms with E-state index in [4.69, 9.17) is 16.6 Å². The summed E-state index contributed by atoms with van der Waals surface area (Å²) in [5.41, 5.74) is 2.66. The van der Waals surface area contributed by atoms with Crippen molar-refractivity contribution in [1.82, 2.24) is 14.7 Å². The number of halogens is 1. The molecule has 1 aromatic heterocycles. The third-order valence-corrected chi connectivity index (χ3v) is 7.29. The molecule has 9 heteroatoms. The second kappa shape index (κ2) is 8.85. The normalized spacial score (nSPS) is 13.2. The summed E-state index contributed by atoms with van der Waals surface area (Å²) >= 11 is 7.66. The average molecular weight is 459 g/mol. The number of rotatable bonds is 6. The molecule has 0 saturated heterocycles. The van der Waals surface area contributed by atoms with E-state index in [1.807, 2.05) is 25.1 Å². The van der Waals surface area contributed by atoms with Crippen molar-refractivity contribution in [2.75, 3.05) is 6.54 Å². The van der Waals surface area contributed by atoms with E-state index in [9.17, 15) is 8.42 Å². The van der Waals surface area contributed by atoms with Crippen LogP contribution in [0.15, 0.2) is 74.7 Å². The number of nitrogens with zero attached hydrogens (tertiary/aromatic N) is 3. The van der Waals surface area contributed by atoms with Gasteiger partial charge in [-0.1, -0.05) is 48.8 Å². The van der Waals surface area contributed by atoms with Crippen molar-refractivity contribution in [3.63, 3.8) is 0 Å². The van der Waals surface area contributed by atoms with Crippen molar-refractivity contribution < 1.29 is 8.42 Å². The highest BCUT2D eigenvalue weighted by atomic mass is 35.5. The maximum Gasteiger partial charge on any atom is 0.240 e. The van der Waals surface area contributed by atoms with Gasteiger partial charge in [-0.15, -0.1) is 0 Å². The zero-order valence-electron chi connectivity index (χ0n) is 16.2. The smallest absolute Gasteiger partial charge is 0.240 e. The minimum Gasteiger partial charge on any atom is -0.245 e. The summed E-state index contributed by atoms with van der Waals surface area (Å²) in [6.45, 7) is 2.42. The summed E-state index contributed by atoms with van der Waals surface area (Å²) < 4.78 is 28.0. The van der Waals surface area contributed by atoms with Gasteiger partial charge >= 0.3 is 0 Å². The Morgan fingerprint density at radius 2 is 2.00 bits per heavy atom. The number of sulfonamides is 1. The lowest BCUT2D eigenvalue weighted by Gasteiger charge is -2.09.